The van der Waals surface area contributed by atoms with E-state index in [0.29, 0.717) is 12.7 Å². The zero-order chi connectivity index (χ0) is 10.5. The molecule has 2 rings (SSSR count). The number of hydrogen-bond donors (Lipinski definition) is 1. The number of nitrogens with one attached hydrogen (secondary N) is 1. The highest BCUT2D eigenvalue weighted by Gasteiger charge is 2.18. The number of ether oxygens (including phenoxy) is 2. The van der Waals surface area contributed by atoms with Gasteiger partial charge in [0.25, 0.3) is 0 Å². The number of hydrogen-bond acceptors (Lipinski definition) is 3. The maximum Gasteiger partial charge on any atom is 0.105 e. The molecule has 0 bridgehead atoms. The Kier molecular flexibility index (Phi) is 3.72. The van der Waals surface area contributed by atoms with Crippen LogP contribution in [0.25, 0.3) is 0 Å². The first kappa shape index (κ1) is 10.6. The van der Waals surface area contributed by atoms with Gasteiger partial charge in [0.1, 0.15) is 6.10 Å². The van der Waals surface area contributed by atoms with Crippen LogP contribution in [-0.2, 0) is 22.6 Å². The summed E-state index contributed by atoms with van der Waals surface area (Å²) in [6, 6.07) is 8.46. The van der Waals surface area contributed by atoms with Gasteiger partial charge in [-0.05, 0) is 18.2 Å². The van der Waals surface area contributed by atoms with Gasteiger partial charge >= 0.3 is 0 Å². The van der Waals surface area contributed by atoms with Gasteiger partial charge < -0.3 is 14.8 Å². The van der Waals surface area contributed by atoms with Gasteiger partial charge in [0.15, 0.2) is 0 Å². The molecule has 3 heteroatoms. The average molecular weight is 207 g/mol. The lowest BCUT2D eigenvalue weighted by Gasteiger charge is -2.26. The summed E-state index contributed by atoms with van der Waals surface area (Å²) >= 11 is 0. The van der Waals surface area contributed by atoms with E-state index < -0.39 is 0 Å². The Balaban J connectivity index is 1.86. The minimum atomic E-state index is 0.304. The molecule has 1 saturated heterocycles. The molecule has 0 saturated carbocycles. The summed E-state index contributed by atoms with van der Waals surface area (Å²) in [6.45, 7) is 3.08. The van der Waals surface area contributed by atoms with Crippen LogP contribution in [0.4, 0.5) is 0 Å². The molecule has 0 radical (unpaired) electrons. The largest absolute Gasteiger partial charge is 0.376 e. The second-order valence-electron chi connectivity index (χ2n) is 3.82. The number of rotatable bonds is 5. The van der Waals surface area contributed by atoms with Crippen LogP contribution in [-0.4, -0.2) is 26.4 Å². The van der Waals surface area contributed by atoms with E-state index in [-0.39, 0.29) is 0 Å². The minimum Gasteiger partial charge on any atom is -0.376 e. The van der Waals surface area contributed by atoms with Gasteiger partial charge in [-0.15, -0.1) is 0 Å². The van der Waals surface area contributed by atoms with Crippen LogP contribution in [0.3, 0.4) is 0 Å². The van der Waals surface area contributed by atoms with Crippen LogP contribution in [0, 0.1) is 0 Å². The second kappa shape index (κ2) is 5.26. The molecule has 0 aromatic heterocycles. The van der Waals surface area contributed by atoms with E-state index in [2.05, 4.69) is 29.6 Å². The molecular weight excluding hydrogens is 190 g/mol. The predicted molar refractivity (Wildman–Crippen MR) is 58.6 cm³/mol. The summed E-state index contributed by atoms with van der Waals surface area (Å²) < 4.78 is 10.7. The molecular formula is C12H17NO2. The van der Waals surface area contributed by atoms with Crippen LogP contribution < -0.4 is 5.32 Å². The third-order valence-electron chi connectivity index (χ3n) is 2.47. The molecule has 82 valence electrons. The molecule has 0 unspecified atom stereocenters. The highest BCUT2D eigenvalue weighted by Crippen LogP contribution is 2.11. The molecule has 1 aromatic carbocycles. The molecule has 0 spiro atoms. The van der Waals surface area contributed by atoms with Crippen LogP contribution >= 0.6 is 0 Å². The van der Waals surface area contributed by atoms with Gasteiger partial charge in [0.05, 0.1) is 19.8 Å². The molecule has 1 N–H and O–H groups in total. The third-order valence-corrected chi connectivity index (χ3v) is 2.47. The predicted octanol–water partition coefficient (Wildman–Crippen LogP) is 1.32. The van der Waals surface area contributed by atoms with Crippen molar-refractivity contribution in [1.29, 1.82) is 0 Å². The van der Waals surface area contributed by atoms with Gasteiger partial charge in [-0.3, -0.25) is 0 Å². The fraction of sp³-hybridized carbons (Fsp3) is 0.500. The van der Waals surface area contributed by atoms with Crippen molar-refractivity contribution >= 4 is 0 Å². The first-order valence-corrected chi connectivity index (χ1v) is 5.30. The van der Waals surface area contributed by atoms with Crippen molar-refractivity contribution in [2.45, 2.75) is 19.3 Å². The standard InChI is InChI=1S/C12H17NO2/c1-13-6-10-3-2-4-11(5-10)7-15-12-8-14-9-12/h2-5,12-13H,6-9H2,1H3. The summed E-state index contributed by atoms with van der Waals surface area (Å²) in [6.07, 6.45) is 0.304. The van der Waals surface area contributed by atoms with Crippen molar-refractivity contribution in [3.8, 4) is 0 Å². The van der Waals surface area contributed by atoms with Crippen LogP contribution in [0.5, 0.6) is 0 Å². The van der Waals surface area contributed by atoms with E-state index in [1.165, 1.54) is 11.1 Å². The Bertz CT molecular complexity index is 310. The highest BCUT2D eigenvalue weighted by molar-refractivity contribution is 5.22. The summed E-state index contributed by atoms with van der Waals surface area (Å²) in [5, 5.41) is 3.14. The normalized spacial score (nSPS) is 16.3. The zero-order valence-corrected chi connectivity index (χ0v) is 9.03. The Morgan fingerprint density at radius 2 is 2.20 bits per heavy atom. The molecule has 1 aliphatic rings. The Hall–Kier alpha value is -0.900. The lowest BCUT2D eigenvalue weighted by Crippen LogP contribution is -2.35. The van der Waals surface area contributed by atoms with Gasteiger partial charge in [-0.2, -0.15) is 0 Å². The summed E-state index contributed by atoms with van der Waals surface area (Å²) in [4.78, 5) is 0. The van der Waals surface area contributed by atoms with Crippen molar-refractivity contribution in [2.24, 2.45) is 0 Å². The Morgan fingerprint density at radius 1 is 1.40 bits per heavy atom. The van der Waals surface area contributed by atoms with Gasteiger partial charge in [0, 0.05) is 6.54 Å². The topological polar surface area (TPSA) is 30.5 Å². The number of benzene rings is 1. The summed E-state index contributed by atoms with van der Waals surface area (Å²) in [7, 11) is 1.95. The van der Waals surface area contributed by atoms with Crippen LogP contribution in [0.15, 0.2) is 24.3 Å². The molecule has 1 aliphatic heterocycles. The zero-order valence-electron chi connectivity index (χ0n) is 9.03. The Morgan fingerprint density at radius 3 is 2.87 bits per heavy atom. The first-order valence-electron chi connectivity index (χ1n) is 5.30. The fourth-order valence-electron chi connectivity index (χ4n) is 1.56. The van der Waals surface area contributed by atoms with E-state index in [9.17, 15) is 0 Å². The third kappa shape index (κ3) is 3.02. The van der Waals surface area contributed by atoms with Gasteiger partial charge in [-0.25, -0.2) is 0 Å². The molecule has 0 amide bonds. The maximum atomic E-state index is 5.65. The fourth-order valence-corrected chi connectivity index (χ4v) is 1.56. The maximum absolute atomic E-state index is 5.65. The average Bonchev–Trinajstić information content (AvgIpc) is 2.16. The van der Waals surface area contributed by atoms with Crippen LogP contribution in [0.1, 0.15) is 11.1 Å². The van der Waals surface area contributed by atoms with Crippen molar-refractivity contribution < 1.29 is 9.47 Å². The molecule has 15 heavy (non-hydrogen) atoms. The monoisotopic (exact) mass is 207 g/mol. The van der Waals surface area contributed by atoms with E-state index >= 15 is 0 Å². The van der Waals surface area contributed by atoms with Crippen molar-refractivity contribution in [2.75, 3.05) is 20.3 Å². The van der Waals surface area contributed by atoms with E-state index in [1.807, 2.05) is 7.05 Å². The summed E-state index contributed by atoms with van der Waals surface area (Å²) in [5.41, 5.74) is 2.53. The van der Waals surface area contributed by atoms with Gasteiger partial charge in [0.2, 0.25) is 0 Å². The molecule has 1 fully saturated rings. The van der Waals surface area contributed by atoms with Crippen LogP contribution in [0.2, 0.25) is 0 Å². The van der Waals surface area contributed by atoms with Crippen molar-refractivity contribution in [3.05, 3.63) is 35.4 Å². The Labute approximate surface area is 90.4 Å². The lowest BCUT2D eigenvalue weighted by molar-refractivity contribution is -0.135. The molecule has 1 aromatic rings. The minimum absolute atomic E-state index is 0.304. The molecule has 0 aliphatic carbocycles. The van der Waals surface area contributed by atoms with Crippen molar-refractivity contribution in [3.63, 3.8) is 0 Å². The smallest absolute Gasteiger partial charge is 0.105 e. The molecule has 1 heterocycles. The molecule has 3 nitrogen and oxygen atoms in total. The van der Waals surface area contributed by atoms with E-state index in [0.717, 1.165) is 19.8 Å². The van der Waals surface area contributed by atoms with E-state index in [4.69, 9.17) is 9.47 Å². The summed E-state index contributed by atoms with van der Waals surface area (Å²) in [5.74, 6) is 0. The highest BCUT2D eigenvalue weighted by atomic mass is 16.6. The SMILES string of the molecule is CNCc1cccc(COC2COC2)c1. The van der Waals surface area contributed by atoms with Crippen molar-refractivity contribution in [1.82, 2.24) is 5.32 Å². The molecule has 0 atom stereocenters. The second-order valence-corrected chi connectivity index (χ2v) is 3.82. The van der Waals surface area contributed by atoms with E-state index in [1.54, 1.807) is 0 Å². The lowest BCUT2D eigenvalue weighted by atomic mass is 10.1. The van der Waals surface area contributed by atoms with Gasteiger partial charge in [-0.1, -0.05) is 24.3 Å². The first-order chi connectivity index (χ1) is 7.38. The quantitative estimate of drug-likeness (QED) is 0.790.